The third-order valence-electron chi connectivity index (χ3n) is 4.72. The molecule has 1 saturated heterocycles. The highest BCUT2D eigenvalue weighted by atomic mass is 32.1. The molecule has 0 radical (unpaired) electrons. The largest absolute Gasteiger partial charge is 0.361 e. The second-order valence-corrected chi connectivity index (χ2v) is 7.64. The Morgan fingerprint density at radius 3 is 2.62 bits per heavy atom. The summed E-state index contributed by atoms with van der Waals surface area (Å²) in [6.07, 6.45) is 2.49. The van der Waals surface area contributed by atoms with Crippen molar-refractivity contribution in [2.24, 2.45) is 0 Å². The molecule has 3 aromatic rings. The van der Waals surface area contributed by atoms with Crippen LogP contribution >= 0.6 is 11.3 Å². The van der Waals surface area contributed by atoms with Gasteiger partial charge >= 0.3 is 17.8 Å². The molecule has 1 aromatic carbocycles. The highest BCUT2D eigenvalue weighted by Crippen LogP contribution is 2.19. The number of aromatic nitrogens is 1. The summed E-state index contributed by atoms with van der Waals surface area (Å²) < 4.78 is 0. The maximum absolute atomic E-state index is 12.4. The van der Waals surface area contributed by atoms with Crippen molar-refractivity contribution >= 4 is 46.0 Å². The molecule has 0 bridgehead atoms. The van der Waals surface area contributed by atoms with Crippen LogP contribution in [-0.4, -0.2) is 51.6 Å². The Bertz CT molecular complexity index is 1090. The first-order chi connectivity index (χ1) is 14.0. The molecule has 0 spiro atoms. The number of hydrogen-bond donors (Lipinski definition) is 2. The summed E-state index contributed by atoms with van der Waals surface area (Å²) in [6.45, 7) is -0.0955. The topological polar surface area (TPSA) is 103 Å². The van der Waals surface area contributed by atoms with Gasteiger partial charge in [0, 0.05) is 28.5 Å². The van der Waals surface area contributed by atoms with Crippen molar-refractivity contribution in [3.05, 3.63) is 58.4 Å². The number of aromatic amines is 1. The van der Waals surface area contributed by atoms with E-state index in [1.54, 1.807) is 12.1 Å². The van der Waals surface area contributed by atoms with Crippen LogP contribution in [0.4, 0.5) is 4.79 Å². The van der Waals surface area contributed by atoms with Gasteiger partial charge < -0.3 is 10.3 Å². The number of amides is 5. The number of benzene rings is 1. The van der Waals surface area contributed by atoms with Crippen molar-refractivity contribution in [2.45, 2.75) is 13.0 Å². The summed E-state index contributed by atoms with van der Waals surface area (Å²) in [5, 5.41) is 5.61. The van der Waals surface area contributed by atoms with Crippen molar-refractivity contribution in [1.29, 1.82) is 0 Å². The molecule has 2 aromatic heterocycles. The molecule has 0 aliphatic carbocycles. The van der Waals surface area contributed by atoms with Gasteiger partial charge in [0.2, 0.25) is 5.91 Å². The van der Waals surface area contributed by atoms with Crippen LogP contribution < -0.4 is 5.32 Å². The number of nitrogens with one attached hydrogen (secondary N) is 2. The molecule has 1 aliphatic rings. The minimum Gasteiger partial charge on any atom is -0.361 e. The van der Waals surface area contributed by atoms with Crippen molar-refractivity contribution in [3.63, 3.8) is 0 Å². The zero-order chi connectivity index (χ0) is 20.4. The first-order valence-electron chi connectivity index (χ1n) is 9.06. The molecule has 2 N–H and O–H groups in total. The molecule has 1 fully saturated rings. The monoisotopic (exact) mass is 410 g/mol. The van der Waals surface area contributed by atoms with Gasteiger partial charge in [-0.2, -0.15) is 0 Å². The number of carbonyl (C=O) groups excluding carboxylic acids is 4. The molecular formula is C20H18N4O4S. The molecule has 4 rings (SSSR count). The lowest BCUT2D eigenvalue weighted by atomic mass is 10.1. The van der Waals surface area contributed by atoms with Crippen molar-refractivity contribution in [2.75, 3.05) is 13.1 Å². The number of imide groups is 2. The third kappa shape index (κ3) is 3.77. The second kappa shape index (κ2) is 7.88. The van der Waals surface area contributed by atoms with Crippen LogP contribution in [0.3, 0.4) is 0 Å². The number of thiophene rings is 1. The molecule has 9 heteroatoms. The van der Waals surface area contributed by atoms with Crippen LogP contribution in [0.15, 0.2) is 48.0 Å². The van der Waals surface area contributed by atoms with E-state index < -0.39 is 30.3 Å². The Kier molecular flexibility index (Phi) is 5.13. The first kappa shape index (κ1) is 18.9. The summed E-state index contributed by atoms with van der Waals surface area (Å²) >= 11 is 1.38. The summed E-state index contributed by atoms with van der Waals surface area (Å²) in [5.74, 6) is -2.37. The molecular weight excluding hydrogens is 392 g/mol. The number of H-pyrrole nitrogens is 1. The smallest absolute Gasteiger partial charge is 0.335 e. The molecule has 0 atom stereocenters. The normalized spacial score (nSPS) is 14.3. The van der Waals surface area contributed by atoms with Crippen LogP contribution in [0, 0.1) is 0 Å². The van der Waals surface area contributed by atoms with E-state index in [0.29, 0.717) is 17.9 Å². The van der Waals surface area contributed by atoms with Gasteiger partial charge in [-0.3, -0.25) is 19.3 Å². The number of nitrogens with zero attached hydrogens (tertiary/aromatic N) is 2. The molecule has 29 heavy (non-hydrogen) atoms. The Labute approximate surface area is 170 Å². The fourth-order valence-electron chi connectivity index (χ4n) is 3.26. The minimum atomic E-state index is -0.974. The summed E-state index contributed by atoms with van der Waals surface area (Å²) in [6, 6.07) is 10.7. The number of urea groups is 1. The number of fused-ring (bicyclic) bond motifs is 1. The van der Waals surface area contributed by atoms with Gasteiger partial charge in [0.25, 0.3) is 0 Å². The lowest BCUT2D eigenvalue weighted by Crippen LogP contribution is -2.41. The number of para-hydroxylation sites is 1. The van der Waals surface area contributed by atoms with Crippen LogP contribution in [-0.2, 0) is 27.3 Å². The lowest BCUT2D eigenvalue weighted by molar-refractivity contribution is -0.144. The predicted octanol–water partition coefficient (Wildman–Crippen LogP) is 1.88. The molecule has 0 unspecified atom stereocenters. The van der Waals surface area contributed by atoms with E-state index in [1.165, 1.54) is 11.3 Å². The predicted molar refractivity (Wildman–Crippen MR) is 107 cm³/mol. The van der Waals surface area contributed by atoms with Gasteiger partial charge in [0.1, 0.15) is 6.54 Å². The van der Waals surface area contributed by atoms with E-state index in [4.69, 9.17) is 0 Å². The highest BCUT2D eigenvalue weighted by Gasteiger charge is 2.45. The zero-order valence-electron chi connectivity index (χ0n) is 15.4. The van der Waals surface area contributed by atoms with Gasteiger partial charge in [0.15, 0.2) is 0 Å². The van der Waals surface area contributed by atoms with Crippen LogP contribution in [0.2, 0.25) is 0 Å². The first-order valence-corrected chi connectivity index (χ1v) is 9.94. The highest BCUT2D eigenvalue weighted by molar-refractivity contribution is 7.09. The average molecular weight is 410 g/mol. The Morgan fingerprint density at radius 2 is 1.83 bits per heavy atom. The third-order valence-corrected chi connectivity index (χ3v) is 5.58. The quantitative estimate of drug-likeness (QED) is 0.459. The second-order valence-electron chi connectivity index (χ2n) is 6.60. The minimum absolute atomic E-state index is 0.0275. The molecule has 3 heterocycles. The van der Waals surface area contributed by atoms with E-state index in [1.807, 2.05) is 35.8 Å². The summed E-state index contributed by atoms with van der Waals surface area (Å²) in [5.41, 5.74) is 2.08. The van der Waals surface area contributed by atoms with E-state index >= 15 is 0 Å². The molecule has 0 saturated carbocycles. The SMILES string of the molecule is O=C(CN1C(=O)C(=O)N(Cc2cccs2)C1=O)NCCc1c[nH]c2ccccc12. The van der Waals surface area contributed by atoms with Crippen molar-refractivity contribution in [3.8, 4) is 0 Å². The van der Waals surface area contributed by atoms with Gasteiger partial charge in [-0.05, 0) is 29.5 Å². The van der Waals surface area contributed by atoms with Crippen molar-refractivity contribution < 1.29 is 19.2 Å². The average Bonchev–Trinajstić information content (AvgIpc) is 3.42. The van der Waals surface area contributed by atoms with E-state index in [-0.39, 0.29) is 6.54 Å². The number of rotatable bonds is 7. The zero-order valence-corrected chi connectivity index (χ0v) is 16.2. The van der Waals surface area contributed by atoms with Crippen LogP contribution in [0.5, 0.6) is 0 Å². The maximum Gasteiger partial charge on any atom is 0.335 e. The Morgan fingerprint density at radius 1 is 1.03 bits per heavy atom. The Balaban J connectivity index is 1.32. The van der Waals surface area contributed by atoms with E-state index in [0.717, 1.165) is 26.2 Å². The van der Waals surface area contributed by atoms with E-state index in [9.17, 15) is 19.2 Å². The van der Waals surface area contributed by atoms with Crippen molar-refractivity contribution in [1.82, 2.24) is 20.1 Å². The summed E-state index contributed by atoms with van der Waals surface area (Å²) in [4.78, 5) is 54.4. The molecule has 5 amide bonds. The standard InChI is InChI=1S/C20H18N4O4S/c25-17(21-8-7-13-10-22-16-6-2-1-5-15(13)16)12-24-19(27)18(26)23(20(24)28)11-14-4-3-9-29-14/h1-6,9-10,22H,7-8,11-12H2,(H,21,25). The van der Waals surface area contributed by atoms with E-state index in [2.05, 4.69) is 10.3 Å². The fourth-order valence-corrected chi connectivity index (χ4v) is 3.95. The molecule has 8 nitrogen and oxygen atoms in total. The van der Waals surface area contributed by atoms with Gasteiger partial charge in [-0.25, -0.2) is 9.69 Å². The fraction of sp³-hybridized carbons (Fsp3) is 0.200. The number of carbonyl (C=O) groups is 4. The summed E-state index contributed by atoms with van der Waals surface area (Å²) in [7, 11) is 0. The van der Waals surface area contributed by atoms with Crippen LogP contribution in [0.1, 0.15) is 10.4 Å². The van der Waals surface area contributed by atoms with Gasteiger partial charge in [0.05, 0.1) is 6.54 Å². The van der Waals surface area contributed by atoms with Gasteiger partial charge in [-0.15, -0.1) is 11.3 Å². The van der Waals surface area contributed by atoms with Gasteiger partial charge in [-0.1, -0.05) is 24.3 Å². The molecule has 148 valence electrons. The number of hydrogen-bond acceptors (Lipinski definition) is 5. The maximum atomic E-state index is 12.4. The lowest BCUT2D eigenvalue weighted by Gasteiger charge is -2.14. The Hall–Kier alpha value is -3.46. The van der Waals surface area contributed by atoms with Crippen LogP contribution in [0.25, 0.3) is 10.9 Å². The molecule has 1 aliphatic heterocycles.